The van der Waals surface area contributed by atoms with Crippen LogP contribution in [0.1, 0.15) is 25.5 Å². The Morgan fingerprint density at radius 2 is 1.90 bits per heavy atom. The van der Waals surface area contributed by atoms with E-state index >= 15 is 0 Å². The van der Waals surface area contributed by atoms with Crippen LogP contribution in [-0.2, 0) is 4.79 Å². The van der Waals surface area contributed by atoms with E-state index in [1.54, 1.807) is 11.8 Å². The second-order valence-corrected chi connectivity index (χ2v) is 5.47. The third-order valence-corrected chi connectivity index (χ3v) is 4.15. The first-order valence-electron chi connectivity index (χ1n) is 7.01. The van der Waals surface area contributed by atoms with Crippen LogP contribution in [0.25, 0.3) is 0 Å². The van der Waals surface area contributed by atoms with E-state index in [-0.39, 0.29) is 5.91 Å². The first-order valence-corrected chi connectivity index (χ1v) is 8.23. The van der Waals surface area contributed by atoms with Gasteiger partial charge in [0.15, 0.2) is 0 Å². The van der Waals surface area contributed by atoms with Crippen molar-refractivity contribution in [3.05, 3.63) is 29.8 Å². The van der Waals surface area contributed by atoms with Gasteiger partial charge >= 0.3 is 0 Å². The van der Waals surface area contributed by atoms with Crippen molar-refractivity contribution in [3.8, 4) is 0 Å². The fourth-order valence-electron chi connectivity index (χ4n) is 2.09. The zero-order valence-corrected chi connectivity index (χ0v) is 13.4. The molecule has 1 unspecified atom stereocenters. The number of carbonyl (C=O) groups excluding carboxylic acids is 1. The van der Waals surface area contributed by atoms with Crippen molar-refractivity contribution < 1.29 is 4.79 Å². The summed E-state index contributed by atoms with van der Waals surface area (Å²) in [5.74, 6) is -0.332. The number of rotatable bonds is 9. The number of nitrogens with one attached hydrogen (secondary N) is 1. The third kappa shape index (κ3) is 5.15. The van der Waals surface area contributed by atoms with Gasteiger partial charge in [0.25, 0.3) is 0 Å². The second kappa shape index (κ2) is 9.00. The van der Waals surface area contributed by atoms with E-state index in [4.69, 9.17) is 5.73 Å². The molecule has 5 heteroatoms. The molecule has 0 radical (unpaired) electrons. The Labute approximate surface area is 126 Å². The molecule has 1 atom stereocenters. The second-order valence-electron chi connectivity index (χ2n) is 4.59. The van der Waals surface area contributed by atoms with Crippen LogP contribution in [0.15, 0.2) is 29.2 Å². The molecule has 112 valence electrons. The van der Waals surface area contributed by atoms with Gasteiger partial charge in [-0.1, -0.05) is 26.0 Å². The summed E-state index contributed by atoms with van der Waals surface area (Å²) in [5, 5.41) is 3.25. The van der Waals surface area contributed by atoms with Crippen LogP contribution < -0.4 is 11.1 Å². The number of hydrogen-bond acceptors (Lipinski definition) is 4. The summed E-state index contributed by atoms with van der Waals surface area (Å²) in [5.41, 5.74) is 6.43. The number of hydrogen-bond donors (Lipinski definition) is 2. The Kier molecular flexibility index (Phi) is 7.65. The summed E-state index contributed by atoms with van der Waals surface area (Å²) < 4.78 is 0. The maximum absolute atomic E-state index is 11.6. The molecule has 1 aromatic rings. The maximum atomic E-state index is 11.6. The summed E-state index contributed by atoms with van der Waals surface area (Å²) in [4.78, 5) is 15.1. The predicted molar refractivity (Wildman–Crippen MR) is 85.9 cm³/mol. The maximum Gasteiger partial charge on any atom is 0.239 e. The van der Waals surface area contributed by atoms with Crippen molar-refractivity contribution in [1.29, 1.82) is 0 Å². The molecule has 0 saturated heterocycles. The minimum Gasteiger partial charge on any atom is -0.368 e. The lowest BCUT2D eigenvalue weighted by molar-refractivity contribution is -0.120. The molecule has 0 aliphatic rings. The molecule has 20 heavy (non-hydrogen) atoms. The number of carbonyl (C=O) groups is 1. The predicted octanol–water partition coefficient (Wildman–Crippen LogP) is 1.87. The Bertz CT molecular complexity index is 404. The normalized spacial score (nSPS) is 12.6. The third-order valence-electron chi connectivity index (χ3n) is 3.40. The van der Waals surface area contributed by atoms with Gasteiger partial charge in [-0.05, 0) is 37.0 Å². The molecule has 1 rings (SSSR count). The average molecular weight is 295 g/mol. The summed E-state index contributed by atoms with van der Waals surface area (Å²) in [6, 6.07) is 7.54. The summed E-state index contributed by atoms with van der Waals surface area (Å²) >= 11 is 1.68. The van der Waals surface area contributed by atoms with Crippen molar-refractivity contribution in [2.24, 2.45) is 5.73 Å². The van der Waals surface area contributed by atoms with E-state index in [1.807, 2.05) is 30.5 Å². The minimum atomic E-state index is -0.415. The molecule has 1 aromatic carbocycles. The molecule has 0 heterocycles. The van der Waals surface area contributed by atoms with Gasteiger partial charge in [0.1, 0.15) is 6.04 Å². The minimum absolute atomic E-state index is 0.332. The van der Waals surface area contributed by atoms with E-state index in [2.05, 4.69) is 24.1 Å². The van der Waals surface area contributed by atoms with Crippen molar-refractivity contribution in [1.82, 2.24) is 10.2 Å². The van der Waals surface area contributed by atoms with Crippen LogP contribution in [-0.4, -0.2) is 43.2 Å². The highest BCUT2D eigenvalue weighted by molar-refractivity contribution is 7.98. The lowest BCUT2D eigenvalue weighted by Gasteiger charge is -2.21. The van der Waals surface area contributed by atoms with Gasteiger partial charge < -0.3 is 16.0 Å². The lowest BCUT2D eigenvalue weighted by Crippen LogP contribution is -2.38. The summed E-state index contributed by atoms with van der Waals surface area (Å²) in [6.45, 7) is 7.97. The van der Waals surface area contributed by atoms with Gasteiger partial charge in [-0.15, -0.1) is 11.8 Å². The molecular weight excluding hydrogens is 270 g/mol. The number of nitrogens with two attached hydrogens (primary N) is 1. The van der Waals surface area contributed by atoms with Crippen LogP contribution in [0, 0.1) is 0 Å². The van der Waals surface area contributed by atoms with Crippen molar-refractivity contribution in [2.45, 2.75) is 24.8 Å². The van der Waals surface area contributed by atoms with Gasteiger partial charge in [-0.25, -0.2) is 0 Å². The Hall–Kier alpha value is -1.04. The Balaban J connectivity index is 2.62. The Morgan fingerprint density at radius 1 is 1.30 bits per heavy atom. The quantitative estimate of drug-likeness (QED) is 0.683. The fraction of sp³-hybridized carbons (Fsp3) is 0.533. The van der Waals surface area contributed by atoms with Crippen LogP contribution in [0.5, 0.6) is 0 Å². The van der Waals surface area contributed by atoms with Gasteiger partial charge in [-0.3, -0.25) is 4.79 Å². The number of primary amides is 1. The van der Waals surface area contributed by atoms with Crippen LogP contribution in [0.2, 0.25) is 0 Å². The number of thioether (sulfide) groups is 1. The van der Waals surface area contributed by atoms with Gasteiger partial charge in [0.2, 0.25) is 5.91 Å². The molecule has 3 N–H and O–H groups in total. The zero-order chi connectivity index (χ0) is 15.0. The number of nitrogens with zero attached hydrogens (tertiary/aromatic N) is 1. The van der Waals surface area contributed by atoms with Gasteiger partial charge in [0, 0.05) is 18.0 Å². The topological polar surface area (TPSA) is 58.4 Å². The molecule has 0 aliphatic carbocycles. The summed E-state index contributed by atoms with van der Waals surface area (Å²) in [7, 11) is 0. The Morgan fingerprint density at radius 3 is 2.35 bits per heavy atom. The summed E-state index contributed by atoms with van der Waals surface area (Å²) in [6.07, 6.45) is 2.03. The first-order chi connectivity index (χ1) is 9.62. The van der Waals surface area contributed by atoms with Gasteiger partial charge in [0.05, 0.1) is 0 Å². The fourth-order valence-corrected chi connectivity index (χ4v) is 2.49. The van der Waals surface area contributed by atoms with Crippen LogP contribution in [0.3, 0.4) is 0 Å². The monoisotopic (exact) mass is 295 g/mol. The molecular formula is C15H25N3OS. The molecule has 0 aliphatic heterocycles. The molecule has 0 aromatic heterocycles. The SMILES string of the molecule is CCN(CC)CCNC(C(N)=O)c1ccc(SC)cc1. The van der Waals surface area contributed by atoms with Gasteiger partial charge in [-0.2, -0.15) is 0 Å². The van der Waals surface area contributed by atoms with E-state index in [1.165, 1.54) is 4.90 Å². The van der Waals surface area contributed by atoms with Crippen LogP contribution in [0.4, 0.5) is 0 Å². The van der Waals surface area contributed by atoms with E-state index in [0.29, 0.717) is 0 Å². The standard InChI is InChI=1S/C15H25N3OS/c1-4-18(5-2)11-10-17-14(15(16)19)12-6-8-13(20-3)9-7-12/h6-9,14,17H,4-5,10-11H2,1-3H3,(H2,16,19). The molecule has 1 amide bonds. The number of likely N-dealkylation sites (N-methyl/N-ethyl adjacent to an activating group) is 1. The molecule has 0 saturated carbocycles. The van der Waals surface area contributed by atoms with Crippen LogP contribution >= 0.6 is 11.8 Å². The zero-order valence-electron chi connectivity index (χ0n) is 12.6. The van der Waals surface area contributed by atoms with Crippen molar-refractivity contribution in [3.63, 3.8) is 0 Å². The molecule has 0 spiro atoms. The first kappa shape index (κ1) is 17.0. The average Bonchev–Trinajstić information content (AvgIpc) is 2.47. The highest BCUT2D eigenvalue weighted by atomic mass is 32.2. The van der Waals surface area contributed by atoms with E-state index in [9.17, 15) is 4.79 Å². The highest BCUT2D eigenvalue weighted by Crippen LogP contribution is 2.19. The lowest BCUT2D eigenvalue weighted by atomic mass is 10.1. The smallest absolute Gasteiger partial charge is 0.239 e. The molecule has 0 bridgehead atoms. The highest BCUT2D eigenvalue weighted by Gasteiger charge is 2.17. The van der Waals surface area contributed by atoms with Crippen molar-refractivity contribution >= 4 is 17.7 Å². The largest absolute Gasteiger partial charge is 0.368 e. The van der Waals surface area contributed by atoms with E-state index < -0.39 is 6.04 Å². The molecule has 0 fully saturated rings. The van der Waals surface area contributed by atoms with Crippen molar-refractivity contribution in [2.75, 3.05) is 32.4 Å². The number of benzene rings is 1. The number of amides is 1. The molecule has 4 nitrogen and oxygen atoms in total. The van der Waals surface area contributed by atoms with E-state index in [0.717, 1.165) is 31.7 Å².